The minimum absolute atomic E-state index is 0.0742. The molecular formula is C18H20FN3O. The molecule has 3 aliphatic rings. The zero-order chi connectivity index (χ0) is 16.2. The number of aromatic nitrogens is 3. The average Bonchev–Trinajstić information content (AvgIpc) is 2.98. The van der Waals surface area contributed by atoms with E-state index in [1.165, 1.54) is 12.1 Å². The molecule has 0 saturated heterocycles. The van der Waals surface area contributed by atoms with E-state index in [0.717, 1.165) is 24.2 Å². The van der Waals surface area contributed by atoms with Gasteiger partial charge in [-0.05, 0) is 48.4 Å². The molecule has 0 N–H and O–H groups in total. The van der Waals surface area contributed by atoms with Crippen molar-refractivity contribution in [3.63, 3.8) is 0 Å². The van der Waals surface area contributed by atoms with Gasteiger partial charge in [0.05, 0.1) is 17.6 Å². The molecule has 3 fully saturated rings. The van der Waals surface area contributed by atoms with Crippen molar-refractivity contribution < 1.29 is 9.18 Å². The van der Waals surface area contributed by atoms with Gasteiger partial charge in [0.2, 0.25) is 0 Å². The lowest BCUT2D eigenvalue weighted by Crippen LogP contribution is -2.56. The van der Waals surface area contributed by atoms with Crippen molar-refractivity contribution in [2.24, 2.45) is 23.2 Å². The molecular weight excluding hydrogens is 293 g/mol. The Hall–Kier alpha value is -2.04. The molecule has 3 atom stereocenters. The van der Waals surface area contributed by atoms with Gasteiger partial charge >= 0.3 is 0 Å². The fraction of sp³-hybridized carbons (Fsp3) is 0.500. The fourth-order valence-corrected chi connectivity index (χ4v) is 4.19. The highest BCUT2D eigenvalue weighted by atomic mass is 19.1. The summed E-state index contributed by atoms with van der Waals surface area (Å²) < 4.78 is 14.6. The first-order valence-electron chi connectivity index (χ1n) is 8.16. The normalized spacial score (nSPS) is 28.5. The monoisotopic (exact) mass is 313 g/mol. The highest BCUT2D eigenvalue weighted by Gasteiger charge is 2.57. The number of Topliss-reactive ketones (excluding diaryl/α,β-unsaturated/α-hetero) is 1. The van der Waals surface area contributed by atoms with E-state index >= 15 is 0 Å². The summed E-state index contributed by atoms with van der Waals surface area (Å²) >= 11 is 0. The highest BCUT2D eigenvalue weighted by molar-refractivity contribution is 5.87. The van der Waals surface area contributed by atoms with Gasteiger partial charge in [-0.15, -0.1) is 5.10 Å². The van der Waals surface area contributed by atoms with Crippen LogP contribution in [-0.2, 0) is 11.2 Å². The van der Waals surface area contributed by atoms with Gasteiger partial charge in [0.1, 0.15) is 11.6 Å². The number of ketones is 1. The van der Waals surface area contributed by atoms with Crippen LogP contribution in [0.5, 0.6) is 0 Å². The van der Waals surface area contributed by atoms with Crippen LogP contribution in [0.1, 0.15) is 32.4 Å². The van der Waals surface area contributed by atoms with E-state index in [9.17, 15) is 9.18 Å². The number of hydrogen-bond acceptors (Lipinski definition) is 3. The Morgan fingerprint density at radius 2 is 2.00 bits per heavy atom. The van der Waals surface area contributed by atoms with E-state index in [1.807, 2.05) is 6.20 Å². The van der Waals surface area contributed by atoms with Crippen LogP contribution < -0.4 is 0 Å². The summed E-state index contributed by atoms with van der Waals surface area (Å²) in [7, 11) is 0. The van der Waals surface area contributed by atoms with Gasteiger partial charge in [-0.3, -0.25) is 4.79 Å². The number of nitrogens with zero attached hydrogens (tertiary/aromatic N) is 3. The van der Waals surface area contributed by atoms with Gasteiger partial charge in [0.15, 0.2) is 0 Å². The van der Waals surface area contributed by atoms with Gasteiger partial charge < -0.3 is 0 Å². The van der Waals surface area contributed by atoms with Crippen LogP contribution in [0.15, 0.2) is 30.5 Å². The number of carbonyl (C=O) groups excluding carboxylic acids is 1. The summed E-state index contributed by atoms with van der Waals surface area (Å²) in [6.07, 6.45) is 4.52. The molecule has 23 heavy (non-hydrogen) atoms. The van der Waals surface area contributed by atoms with Crippen LogP contribution in [0.2, 0.25) is 0 Å². The molecule has 120 valence electrons. The molecule has 2 bridgehead atoms. The van der Waals surface area contributed by atoms with Gasteiger partial charge in [0.25, 0.3) is 0 Å². The van der Waals surface area contributed by atoms with Crippen LogP contribution in [-0.4, -0.2) is 20.8 Å². The Labute approximate surface area is 134 Å². The van der Waals surface area contributed by atoms with E-state index in [0.29, 0.717) is 18.1 Å². The molecule has 4 nitrogen and oxygen atoms in total. The van der Waals surface area contributed by atoms with Gasteiger partial charge in [-0.25, -0.2) is 9.07 Å². The smallest absolute Gasteiger partial charge is 0.139 e. The van der Waals surface area contributed by atoms with Crippen LogP contribution in [0.4, 0.5) is 4.39 Å². The second-order valence-corrected chi connectivity index (χ2v) is 7.48. The Balaban J connectivity index is 1.49. The van der Waals surface area contributed by atoms with E-state index in [2.05, 4.69) is 24.2 Å². The molecule has 1 heterocycles. The summed E-state index contributed by atoms with van der Waals surface area (Å²) in [6.45, 7) is 4.43. The second-order valence-electron chi connectivity index (χ2n) is 7.48. The predicted molar refractivity (Wildman–Crippen MR) is 83.5 cm³/mol. The molecule has 1 aromatic carbocycles. The maximum atomic E-state index is 13.0. The van der Waals surface area contributed by atoms with Crippen molar-refractivity contribution >= 4 is 5.78 Å². The lowest BCUT2D eigenvalue weighted by atomic mass is 9.46. The van der Waals surface area contributed by atoms with E-state index < -0.39 is 0 Å². The number of carbonyl (C=O) groups is 1. The van der Waals surface area contributed by atoms with Crippen LogP contribution in [0.3, 0.4) is 0 Å². The lowest BCUT2D eigenvalue weighted by molar-refractivity contribution is -0.156. The molecule has 0 spiro atoms. The van der Waals surface area contributed by atoms with E-state index in [1.54, 1.807) is 16.8 Å². The Morgan fingerprint density at radius 1 is 1.26 bits per heavy atom. The molecule has 3 saturated carbocycles. The SMILES string of the molecule is CC1(C)[C@H]2C[C@H](Cc3cn(-c4ccc(F)cc4)nn3)C(=O)[C@@H]1C2. The zero-order valence-corrected chi connectivity index (χ0v) is 13.4. The minimum atomic E-state index is -0.274. The van der Waals surface area contributed by atoms with E-state index in [4.69, 9.17) is 0 Å². The molecule has 5 heteroatoms. The molecule has 1 aromatic heterocycles. The third-order valence-electron chi connectivity index (χ3n) is 5.87. The quantitative estimate of drug-likeness (QED) is 0.874. The third-order valence-corrected chi connectivity index (χ3v) is 5.87. The highest BCUT2D eigenvalue weighted by Crippen LogP contribution is 2.59. The second kappa shape index (κ2) is 4.98. The first-order chi connectivity index (χ1) is 10.9. The standard InChI is InChI=1S/C18H20FN3O/c1-18(2)12-7-11(17(23)16(18)9-12)8-14-10-22(21-20-14)15-5-3-13(19)4-6-15/h3-6,10-12,16H,7-9H2,1-2H3/t11-,12+,16+/m1/s1. The van der Waals surface area contributed by atoms with Gasteiger partial charge in [-0.2, -0.15) is 0 Å². The summed E-state index contributed by atoms with van der Waals surface area (Å²) in [6, 6.07) is 6.13. The summed E-state index contributed by atoms with van der Waals surface area (Å²) in [5, 5.41) is 8.29. The molecule has 5 rings (SSSR count). The largest absolute Gasteiger partial charge is 0.299 e. The van der Waals surface area contributed by atoms with E-state index in [-0.39, 0.29) is 23.1 Å². The zero-order valence-electron chi connectivity index (χ0n) is 13.4. The van der Waals surface area contributed by atoms with Crippen molar-refractivity contribution in [1.82, 2.24) is 15.0 Å². The Morgan fingerprint density at radius 3 is 2.65 bits per heavy atom. The molecule has 0 amide bonds. The van der Waals surface area contributed by atoms with Crippen LogP contribution >= 0.6 is 0 Å². The minimum Gasteiger partial charge on any atom is -0.299 e. The van der Waals surface area contributed by atoms with Crippen LogP contribution in [0, 0.1) is 29.0 Å². The topological polar surface area (TPSA) is 47.8 Å². The first kappa shape index (κ1) is 14.5. The summed E-state index contributed by atoms with van der Waals surface area (Å²) in [5.41, 5.74) is 1.77. The van der Waals surface area contributed by atoms with Crippen molar-refractivity contribution in [1.29, 1.82) is 0 Å². The first-order valence-corrected chi connectivity index (χ1v) is 8.16. The predicted octanol–water partition coefficient (Wildman–Crippen LogP) is 3.20. The molecule has 0 aliphatic heterocycles. The average molecular weight is 313 g/mol. The number of fused-ring (bicyclic) bond motifs is 2. The number of halogens is 1. The molecule has 0 radical (unpaired) electrons. The van der Waals surface area contributed by atoms with Crippen molar-refractivity contribution in [2.75, 3.05) is 0 Å². The van der Waals surface area contributed by atoms with Crippen molar-refractivity contribution in [3.8, 4) is 5.69 Å². The van der Waals surface area contributed by atoms with Gasteiger partial charge in [0, 0.05) is 18.3 Å². The Kier molecular flexibility index (Phi) is 3.15. The van der Waals surface area contributed by atoms with Crippen molar-refractivity contribution in [3.05, 3.63) is 42.0 Å². The maximum Gasteiger partial charge on any atom is 0.139 e. The Bertz CT molecular complexity index is 750. The van der Waals surface area contributed by atoms with Gasteiger partial charge in [-0.1, -0.05) is 19.1 Å². The fourth-order valence-electron chi connectivity index (χ4n) is 4.19. The maximum absolute atomic E-state index is 13.0. The third kappa shape index (κ3) is 2.30. The molecule has 0 unspecified atom stereocenters. The summed E-state index contributed by atoms with van der Waals surface area (Å²) in [4.78, 5) is 12.6. The molecule has 2 aromatic rings. The van der Waals surface area contributed by atoms with Crippen LogP contribution in [0.25, 0.3) is 5.69 Å². The van der Waals surface area contributed by atoms with Crippen molar-refractivity contribution in [2.45, 2.75) is 33.1 Å². The number of hydrogen-bond donors (Lipinski definition) is 0. The number of rotatable bonds is 3. The summed E-state index contributed by atoms with van der Waals surface area (Å²) in [5.74, 6) is 1.07. The number of benzene rings is 1. The lowest BCUT2D eigenvalue weighted by Gasteiger charge is -2.57. The molecule has 3 aliphatic carbocycles.